The van der Waals surface area contributed by atoms with E-state index in [0.29, 0.717) is 21.8 Å². The summed E-state index contributed by atoms with van der Waals surface area (Å²) in [4.78, 5) is 41.0. The second-order valence-electron chi connectivity index (χ2n) is 10.6. The minimum absolute atomic E-state index is 0.0594. The van der Waals surface area contributed by atoms with Crippen molar-refractivity contribution in [2.45, 2.75) is 24.0 Å². The van der Waals surface area contributed by atoms with Crippen molar-refractivity contribution in [3.05, 3.63) is 166 Å². The van der Waals surface area contributed by atoms with Gasteiger partial charge >= 0.3 is 0 Å². The van der Waals surface area contributed by atoms with Crippen LogP contribution in [-0.2, 0) is 9.59 Å². The Morgan fingerprint density at radius 2 is 1.37 bits per heavy atom. The van der Waals surface area contributed by atoms with Crippen LogP contribution in [0.3, 0.4) is 0 Å². The summed E-state index contributed by atoms with van der Waals surface area (Å²) in [6.45, 7) is 4.04. The molecule has 230 valence electrons. The summed E-state index contributed by atoms with van der Waals surface area (Å²) in [6, 6.07) is 38.3. The van der Waals surface area contributed by atoms with Gasteiger partial charge in [-0.1, -0.05) is 84.4 Å². The van der Waals surface area contributed by atoms with Gasteiger partial charge in [-0.3, -0.25) is 14.4 Å². The molecule has 0 saturated carbocycles. The Labute approximate surface area is 277 Å². The Morgan fingerprint density at radius 1 is 0.696 bits per heavy atom. The van der Waals surface area contributed by atoms with Crippen molar-refractivity contribution >= 4 is 58.5 Å². The Hall–Kier alpha value is -5.11. The molecule has 0 radical (unpaired) electrons. The predicted octanol–water partition coefficient (Wildman–Crippen LogP) is 8.84. The van der Waals surface area contributed by atoms with E-state index in [1.54, 1.807) is 66.7 Å². The van der Waals surface area contributed by atoms with Gasteiger partial charge < -0.3 is 16.0 Å². The monoisotopic (exact) mass is 645 g/mol. The first-order chi connectivity index (χ1) is 22.2. The molecular weight excluding hydrogens is 614 g/mol. The molecule has 5 rings (SSSR count). The third kappa shape index (κ3) is 8.75. The third-order valence-electron chi connectivity index (χ3n) is 7.17. The smallest absolute Gasteiger partial charge is 0.272 e. The number of hydrogen-bond donors (Lipinski definition) is 3. The van der Waals surface area contributed by atoms with Crippen LogP contribution >= 0.6 is 23.4 Å². The minimum atomic E-state index is -0.556. The Morgan fingerprint density at radius 3 is 2.07 bits per heavy atom. The molecule has 0 saturated heterocycles. The van der Waals surface area contributed by atoms with Crippen LogP contribution < -0.4 is 16.0 Å². The normalized spacial score (nSPS) is 11.8. The van der Waals surface area contributed by atoms with Crippen LogP contribution in [-0.4, -0.2) is 17.7 Å². The molecule has 0 aliphatic rings. The van der Waals surface area contributed by atoms with Crippen molar-refractivity contribution in [1.29, 1.82) is 0 Å². The number of carbonyl (C=O) groups is 3. The van der Waals surface area contributed by atoms with Crippen LogP contribution in [0.5, 0.6) is 0 Å². The lowest BCUT2D eigenvalue weighted by atomic mass is 10.1. The third-order valence-corrected chi connectivity index (χ3v) is 8.67. The minimum Gasteiger partial charge on any atom is -0.325 e. The van der Waals surface area contributed by atoms with Gasteiger partial charge in [-0.25, -0.2) is 0 Å². The molecule has 0 fully saturated rings. The van der Waals surface area contributed by atoms with Gasteiger partial charge in [0.05, 0.1) is 0 Å². The Bertz CT molecular complexity index is 1880. The number of thioether (sulfide) groups is 1. The predicted molar refractivity (Wildman–Crippen MR) is 188 cm³/mol. The molecule has 0 spiro atoms. The van der Waals surface area contributed by atoms with Crippen molar-refractivity contribution in [1.82, 2.24) is 5.32 Å². The second kappa shape index (κ2) is 15.3. The molecule has 8 heteroatoms. The van der Waals surface area contributed by atoms with Crippen molar-refractivity contribution in [2.24, 2.45) is 0 Å². The van der Waals surface area contributed by atoms with Crippen LogP contribution in [0.2, 0.25) is 5.02 Å². The number of halogens is 1. The molecule has 0 heterocycles. The highest BCUT2D eigenvalue weighted by Gasteiger charge is 2.23. The first-order valence-corrected chi connectivity index (χ1v) is 15.9. The molecule has 6 nitrogen and oxygen atoms in total. The lowest BCUT2D eigenvalue weighted by molar-refractivity contribution is -0.116. The number of hydrogen-bond acceptors (Lipinski definition) is 4. The zero-order valence-electron chi connectivity index (χ0n) is 25.3. The summed E-state index contributed by atoms with van der Waals surface area (Å²) in [5.74, 6) is -1.08. The first kappa shape index (κ1) is 32.3. The molecule has 1 unspecified atom stereocenters. The molecule has 46 heavy (non-hydrogen) atoms. The van der Waals surface area contributed by atoms with Crippen molar-refractivity contribution < 1.29 is 14.4 Å². The highest BCUT2D eigenvalue weighted by atomic mass is 35.5. The van der Waals surface area contributed by atoms with E-state index in [1.165, 1.54) is 11.8 Å². The van der Waals surface area contributed by atoms with E-state index >= 15 is 0 Å². The summed E-state index contributed by atoms with van der Waals surface area (Å²) in [5, 5.41) is 8.72. The van der Waals surface area contributed by atoms with E-state index in [9.17, 15) is 14.4 Å². The maximum absolute atomic E-state index is 13.6. The van der Waals surface area contributed by atoms with Crippen LogP contribution in [0, 0.1) is 13.8 Å². The lowest BCUT2D eigenvalue weighted by Crippen LogP contribution is -2.30. The molecule has 3 N–H and O–H groups in total. The van der Waals surface area contributed by atoms with Crippen LogP contribution in [0.15, 0.2) is 138 Å². The molecule has 0 aromatic heterocycles. The quantitative estimate of drug-likeness (QED) is 0.105. The molecule has 5 aromatic rings. The van der Waals surface area contributed by atoms with Gasteiger partial charge in [0.1, 0.15) is 10.9 Å². The zero-order valence-corrected chi connectivity index (χ0v) is 26.9. The van der Waals surface area contributed by atoms with E-state index < -0.39 is 17.1 Å². The average molecular weight is 646 g/mol. The Balaban J connectivity index is 1.37. The summed E-state index contributed by atoms with van der Waals surface area (Å²) >= 11 is 7.43. The molecule has 0 bridgehead atoms. The van der Waals surface area contributed by atoms with Crippen molar-refractivity contribution in [3.63, 3.8) is 0 Å². The van der Waals surface area contributed by atoms with Crippen molar-refractivity contribution in [3.8, 4) is 0 Å². The maximum atomic E-state index is 13.6. The SMILES string of the molecule is Cc1ccc(NC(=O)C(Sc2cccc(NC(=O)/C(=C/c3ccc(Cl)cc3)NC(=O)c3ccccc3)c2)c2ccccc2)cc1C. The van der Waals surface area contributed by atoms with Gasteiger partial charge in [0.15, 0.2) is 0 Å². The van der Waals surface area contributed by atoms with E-state index in [4.69, 9.17) is 11.6 Å². The molecule has 0 aliphatic carbocycles. The second-order valence-corrected chi connectivity index (χ2v) is 12.2. The highest BCUT2D eigenvalue weighted by Crippen LogP contribution is 2.37. The summed E-state index contributed by atoms with van der Waals surface area (Å²) < 4.78 is 0. The molecule has 5 aromatic carbocycles. The molecular formula is C38H32ClN3O3S. The number of amides is 3. The highest BCUT2D eigenvalue weighted by molar-refractivity contribution is 8.00. The lowest BCUT2D eigenvalue weighted by Gasteiger charge is -2.18. The average Bonchev–Trinajstić information content (AvgIpc) is 3.07. The summed E-state index contributed by atoms with van der Waals surface area (Å²) in [6.07, 6.45) is 1.59. The topological polar surface area (TPSA) is 87.3 Å². The van der Waals surface area contributed by atoms with Crippen LogP contribution in [0.4, 0.5) is 11.4 Å². The van der Waals surface area contributed by atoms with Crippen LogP contribution in [0.1, 0.15) is 37.9 Å². The Kier molecular flexibility index (Phi) is 10.7. The van der Waals surface area contributed by atoms with E-state index in [0.717, 1.165) is 27.3 Å². The zero-order chi connectivity index (χ0) is 32.5. The summed E-state index contributed by atoms with van der Waals surface area (Å²) in [5.41, 5.74) is 5.49. The molecule has 1 atom stereocenters. The van der Waals surface area contributed by atoms with Gasteiger partial charge in [0, 0.05) is 26.9 Å². The van der Waals surface area contributed by atoms with Gasteiger partial charge in [-0.2, -0.15) is 0 Å². The number of aryl methyl sites for hydroxylation is 2. The van der Waals surface area contributed by atoms with Gasteiger partial charge in [-0.05, 0) is 96.8 Å². The van der Waals surface area contributed by atoms with Gasteiger partial charge in [-0.15, -0.1) is 11.8 Å². The number of anilines is 2. The standard InChI is InChI=1S/C38H32ClN3O3S/c1-25-16-21-32(22-26(25)2)41-38(45)35(28-10-5-3-6-11-28)46-33-15-9-14-31(24-33)40-37(44)34(23-27-17-19-30(39)20-18-27)42-36(43)29-12-7-4-8-13-29/h3-24,35H,1-2H3,(H,40,44)(H,41,45)(H,42,43)/b34-23-. The van der Waals surface area contributed by atoms with E-state index in [2.05, 4.69) is 16.0 Å². The van der Waals surface area contributed by atoms with E-state index in [1.807, 2.05) is 80.6 Å². The number of rotatable bonds is 10. The van der Waals surface area contributed by atoms with Crippen molar-refractivity contribution in [2.75, 3.05) is 10.6 Å². The fourth-order valence-corrected chi connectivity index (χ4v) is 5.79. The molecule has 0 aliphatic heterocycles. The van der Waals surface area contributed by atoms with Crippen LogP contribution in [0.25, 0.3) is 6.08 Å². The van der Waals surface area contributed by atoms with E-state index in [-0.39, 0.29) is 11.6 Å². The largest absolute Gasteiger partial charge is 0.325 e. The fourth-order valence-electron chi connectivity index (χ4n) is 4.58. The maximum Gasteiger partial charge on any atom is 0.272 e. The number of benzene rings is 5. The number of carbonyl (C=O) groups excluding carboxylic acids is 3. The fraction of sp³-hybridized carbons (Fsp3) is 0.0789. The van der Waals surface area contributed by atoms with Gasteiger partial charge in [0.2, 0.25) is 5.91 Å². The first-order valence-electron chi connectivity index (χ1n) is 14.6. The van der Waals surface area contributed by atoms with Gasteiger partial charge in [0.25, 0.3) is 11.8 Å². The number of nitrogens with one attached hydrogen (secondary N) is 3. The summed E-state index contributed by atoms with van der Waals surface area (Å²) in [7, 11) is 0. The molecule has 3 amide bonds.